The summed E-state index contributed by atoms with van der Waals surface area (Å²) in [6, 6.07) is 0. The van der Waals surface area contributed by atoms with E-state index in [1.807, 2.05) is 0 Å². The standard InChI is InChI=1S/C11H20N2O5/c12-7-11(2-5-18-6-3-11)10(17)13-4-1-8(14)9(15)16/h8,14H,1-7,12H2,(H,13,17)(H,15,16). The molecule has 0 bridgehead atoms. The highest BCUT2D eigenvalue weighted by molar-refractivity contribution is 5.83. The first kappa shape index (κ1) is 14.9. The number of aliphatic hydroxyl groups excluding tert-OH is 1. The van der Waals surface area contributed by atoms with Gasteiger partial charge in [-0.05, 0) is 12.8 Å². The quantitative estimate of drug-likeness (QED) is 0.470. The normalized spacial score (nSPS) is 20.1. The fourth-order valence-corrected chi connectivity index (χ4v) is 1.92. The number of carboxylic acids is 1. The summed E-state index contributed by atoms with van der Waals surface area (Å²) < 4.78 is 5.20. The molecule has 0 radical (unpaired) electrons. The van der Waals surface area contributed by atoms with Gasteiger partial charge in [-0.1, -0.05) is 0 Å². The Morgan fingerprint density at radius 3 is 2.50 bits per heavy atom. The van der Waals surface area contributed by atoms with Gasteiger partial charge in [-0.15, -0.1) is 0 Å². The fraction of sp³-hybridized carbons (Fsp3) is 0.818. The van der Waals surface area contributed by atoms with E-state index in [9.17, 15) is 9.59 Å². The van der Waals surface area contributed by atoms with Gasteiger partial charge in [0.05, 0.1) is 5.41 Å². The number of rotatable bonds is 6. The Bertz CT molecular complexity index is 302. The van der Waals surface area contributed by atoms with Gasteiger partial charge >= 0.3 is 5.97 Å². The average Bonchev–Trinajstić information content (AvgIpc) is 2.39. The minimum absolute atomic E-state index is 0.0157. The maximum atomic E-state index is 12.0. The summed E-state index contributed by atoms with van der Waals surface area (Å²) in [5.74, 6) is -1.48. The van der Waals surface area contributed by atoms with Gasteiger partial charge in [-0.25, -0.2) is 4.79 Å². The monoisotopic (exact) mass is 260 g/mol. The first-order valence-electron chi connectivity index (χ1n) is 5.99. The largest absolute Gasteiger partial charge is 0.479 e. The molecule has 7 nitrogen and oxygen atoms in total. The van der Waals surface area contributed by atoms with Crippen molar-refractivity contribution in [1.29, 1.82) is 0 Å². The number of hydrogen-bond acceptors (Lipinski definition) is 5. The Morgan fingerprint density at radius 2 is 2.00 bits per heavy atom. The molecule has 1 aliphatic rings. The van der Waals surface area contributed by atoms with Crippen LogP contribution < -0.4 is 11.1 Å². The van der Waals surface area contributed by atoms with Crippen LogP contribution in [0.5, 0.6) is 0 Å². The Labute approximate surface area is 105 Å². The van der Waals surface area contributed by atoms with Gasteiger partial charge in [0.15, 0.2) is 6.10 Å². The van der Waals surface area contributed by atoms with Crippen LogP contribution in [-0.2, 0) is 14.3 Å². The van der Waals surface area contributed by atoms with Crippen LogP contribution in [0.2, 0.25) is 0 Å². The molecule has 18 heavy (non-hydrogen) atoms. The molecule has 7 heteroatoms. The smallest absolute Gasteiger partial charge is 0.332 e. The summed E-state index contributed by atoms with van der Waals surface area (Å²) in [5.41, 5.74) is 5.04. The molecule has 1 unspecified atom stereocenters. The molecule has 0 aliphatic carbocycles. The summed E-state index contributed by atoms with van der Waals surface area (Å²) in [5, 5.41) is 20.2. The minimum atomic E-state index is -1.45. The first-order chi connectivity index (χ1) is 8.52. The van der Waals surface area contributed by atoms with Crippen molar-refractivity contribution >= 4 is 11.9 Å². The van der Waals surface area contributed by atoms with Gasteiger partial charge in [0.2, 0.25) is 5.91 Å². The van der Waals surface area contributed by atoms with Crippen molar-refractivity contribution in [2.45, 2.75) is 25.4 Å². The van der Waals surface area contributed by atoms with Crippen molar-refractivity contribution in [3.63, 3.8) is 0 Å². The lowest BCUT2D eigenvalue weighted by molar-refractivity contribution is -0.147. The lowest BCUT2D eigenvalue weighted by Gasteiger charge is -2.34. The maximum Gasteiger partial charge on any atom is 0.332 e. The van der Waals surface area contributed by atoms with Crippen LogP contribution in [0.3, 0.4) is 0 Å². The van der Waals surface area contributed by atoms with E-state index < -0.39 is 17.5 Å². The van der Waals surface area contributed by atoms with Crippen molar-refractivity contribution < 1.29 is 24.5 Å². The highest BCUT2D eigenvalue weighted by atomic mass is 16.5. The number of carbonyl (C=O) groups excluding carboxylic acids is 1. The van der Waals surface area contributed by atoms with E-state index >= 15 is 0 Å². The molecule has 0 aromatic carbocycles. The predicted molar refractivity (Wildman–Crippen MR) is 62.8 cm³/mol. The minimum Gasteiger partial charge on any atom is -0.479 e. The molecule has 1 rings (SSSR count). The zero-order valence-electron chi connectivity index (χ0n) is 10.2. The number of nitrogens with one attached hydrogen (secondary N) is 1. The molecule has 1 amide bonds. The zero-order chi connectivity index (χ0) is 13.6. The number of hydrogen-bond donors (Lipinski definition) is 4. The highest BCUT2D eigenvalue weighted by Gasteiger charge is 2.38. The molecule has 1 atom stereocenters. The second-order valence-corrected chi connectivity index (χ2v) is 4.50. The number of nitrogens with two attached hydrogens (primary N) is 1. The van der Waals surface area contributed by atoms with E-state index in [2.05, 4.69) is 5.32 Å². The van der Waals surface area contributed by atoms with Gasteiger partial charge in [0.25, 0.3) is 0 Å². The Morgan fingerprint density at radius 1 is 1.39 bits per heavy atom. The van der Waals surface area contributed by atoms with E-state index in [1.54, 1.807) is 0 Å². The summed E-state index contributed by atoms with van der Waals surface area (Å²) in [6.07, 6.45) is -0.333. The summed E-state index contributed by atoms with van der Waals surface area (Å²) in [6.45, 7) is 1.36. The van der Waals surface area contributed by atoms with Gasteiger partial charge in [0.1, 0.15) is 0 Å². The van der Waals surface area contributed by atoms with Crippen LogP contribution >= 0.6 is 0 Å². The third-order valence-electron chi connectivity index (χ3n) is 3.31. The first-order valence-corrected chi connectivity index (χ1v) is 5.99. The average molecular weight is 260 g/mol. The summed E-state index contributed by atoms with van der Waals surface area (Å²) in [7, 11) is 0. The molecule has 5 N–H and O–H groups in total. The highest BCUT2D eigenvalue weighted by Crippen LogP contribution is 2.29. The molecule has 104 valence electrons. The van der Waals surface area contributed by atoms with Crippen molar-refractivity contribution in [3.8, 4) is 0 Å². The van der Waals surface area contributed by atoms with Crippen molar-refractivity contribution in [2.75, 3.05) is 26.3 Å². The molecule has 1 fully saturated rings. The second kappa shape index (κ2) is 6.67. The molecule has 1 heterocycles. The number of ether oxygens (including phenoxy) is 1. The molecule has 0 spiro atoms. The van der Waals surface area contributed by atoms with Crippen LogP contribution in [0.4, 0.5) is 0 Å². The van der Waals surface area contributed by atoms with Gasteiger partial charge in [0, 0.05) is 32.7 Å². The van der Waals surface area contributed by atoms with E-state index in [1.165, 1.54) is 0 Å². The summed E-state index contributed by atoms with van der Waals surface area (Å²) in [4.78, 5) is 22.4. The molecule has 0 saturated carbocycles. The van der Waals surface area contributed by atoms with Gasteiger partial charge in [-0.2, -0.15) is 0 Å². The van der Waals surface area contributed by atoms with Crippen LogP contribution in [0.15, 0.2) is 0 Å². The topological polar surface area (TPSA) is 122 Å². The third-order valence-corrected chi connectivity index (χ3v) is 3.31. The lowest BCUT2D eigenvalue weighted by atomic mass is 9.79. The summed E-state index contributed by atoms with van der Waals surface area (Å²) >= 11 is 0. The SMILES string of the molecule is NCC1(C(=O)NCCC(O)C(=O)O)CCOCC1. The van der Waals surface area contributed by atoms with Crippen LogP contribution in [0.1, 0.15) is 19.3 Å². The molecular weight excluding hydrogens is 240 g/mol. The van der Waals surface area contributed by atoms with Crippen LogP contribution in [-0.4, -0.2) is 54.5 Å². The molecular formula is C11H20N2O5. The van der Waals surface area contributed by atoms with E-state index in [-0.39, 0.29) is 25.4 Å². The third kappa shape index (κ3) is 3.66. The Hall–Kier alpha value is -1.18. The second-order valence-electron chi connectivity index (χ2n) is 4.50. The number of aliphatic carboxylic acids is 1. The van der Waals surface area contributed by atoms with E-state index in [0.717, 1.165) is 0 Å². The molecule has 0 aromatic rings. The van der Waals surface area contributed by atoms with Gasteiger partial charge in [-0.3, -0.25) is 4.79 Å². The fourth-order valence-electron chi connectivity index (χ4n) is 1.92. The Balaban J connectivity index is 2.41. The van der Waals surface area contributed by atoms with Crippen molar-refractivity contribution in [3.05, 3.63) is 0 Å². The lowest BCUT2D eigenvalue weighted by Crippen LogP contribution is -2.49. The van der Waals surface area contributed by atoms with Crippen molar-refractivity contribution in [2.24, 2.45) is 11.1 Å². The number of carbonyl (C=O) groups is 2. The predicted octanol–water partition coefficient (Wildman–Crippen LogP) is -1.31. The molecule has 1 aliphatic heterocycles. The van der Waals surface area contributed by atoms with Crippen LogP contribution in [0, 0.1) is 5.41 Å². The van der Waals surface area contributed by atoms with Crippen LogP contribution in [0.25, 0.3) is 0 Å². The molecule has 1 saturated heterocycles. The zero-order valence-corrected chi connectivity index (χ0v) is 10.2. The van der Waals surface area contributed by atoms with E-state index in [4.69, 9.17) is 20.7 Å². The number of carboxylic acid groups (broad SMARTS) is 1. The van der Waals surface area contributed by atoms with Gasteiger partial charge < -0.3 is 26.0 Å². The van der Waals surface area contributed by atoms with Crippen molar-refractivity contribution in [1.82, 2.24) is 5.32 Å². The number of aliphatic hydroxyl groups is 1. The van der Waals surface area contributed by atoms with E-state index in [0.29, 0.717) is 26.1 Å². The Kier molecular flexibility index (Phi) is 5.52. The maximum absolute atomic E-state index is 12.0. The number of amides is 1. The molecule has 0 aromatic heterocycles.